The fourth-order valence-electron chi connectivity index (χ4n) is 0.741. The standard InChI is InChI=1S/C8H13O2/c1-2-3-4-5-8(10)6-7-9/h2-6H2,1H3. The highest BCUT2D eigenvalue weighted by Crippen LogP contribution is 2.00. The molecule has 0 aromatic rings. The molecule has 0 bridgehead atoms. The van der Waals surface area contributed by atoms with Gasteiger partial charge in [0.1, 0.15) is 5.78 Å². The van der Waals surface area contributed by atoms with Crippen molar-refractivity contribution in [3.8, 4) is 0 Å². The Kier molecular flexibility index (Phi) is 6.03. The number of carbonyl (C=O) groups is 1. The summed E-state index contributed by atoms with van der Waals surface area (Å²) in [4.78, 5) is 20.4. The van der Waals surface area contributed by atoms with Gasteiger partial charge in [-0.3, -0.25) is 9.59 Å². The van der Waals surface area contributed by atoms with Crippen LogP contribution in [0.4, 0.5) is 0 Å². The van der Waals surface area contributed by atoms with Gasteiger partial charge in [0.2, 0.25) is 6.29 Å². The average Bonchev–Trinajstić information content (AvgIpc) is 1.89. The summed E-state index contributed by atoms with van der Waals surface area (Å²) in [7, 11) is 0. The molecule has 0 saturated carbocycles. The SMILES string of the molecule is CCCCCC(=O)C[C]=O. The maximum absolute atomic E-state index is 10.7. The lowest BCUT2D eigenvalue weighted by Gasteiger charge is -1.93. The second-order valence-corrected chi connectivity index (χ2v) is 2.32. The van der Waals surface area contributed by atoms with Gasteiger partial charge in [-0.15, -0.1) is 0 Å². The number of unbranched alkanes of at least 4 members (excludes halogenated alkanes) is 2. The molecule has 0 aliphatic carbocycles. The van der Waals surface area contributed by atoms with Crippen LogP contribution < -0.4 is 0 Å². The van der Waals surface area contributed by atoms with E-state index in [4.69, 9.17) is 0 Å². The largest absolute Gasteiger partial charge is 0.299 e. The van der Waals surface area contributed by atoms with Gasteiger partial charge in [0.25, 0.3) is 0 Å². The van der Waals surface area contributed by atoms with Crippen molar-refractivity contribution in [2.75, 3.05) is 0 Å². The molecule has 0 N–H and O–H groups in total. The van der Waals surface area contributed by atoms with E-state index in [-0.39, 0.29) is 12.2 Å². The fourth-order valence-corrected chi connectivity index (χ4v) is 0.741. The molecule has 1 radical (unpaired) electrons. The molecule has 0 amide bonds. The Hall–Kier alpha value is -0.660. The molecule has 2 heteroatoms. The van der Waals surface area contributed by atoms with Crippen molar-refractivity contribution < 1.29 is 9.59 Å². The van der Waals surface area contributed by atoms with Gasteiger partial charge in [-0.25, -0.2) is 0 Å². The summed E-state index contributed by atoms with van der Waals surface area (Å²) in [6, 6.07) is 0. The van der Waals surface area contributed by atoms with Crippen LogP contribution in [0.5, 0.6) is 0 Å². The van der Waals surface area contributed by atoms with E-state index in [1.807, 2.05) is 0 Å². The summed E-state index contributed by atoms with van der Waals surface area (Å²) in [5.41, 5.74) is 0. The van der Waals surface area contributed by atoms with Crippen molar-refractivity contribution in [3.63, 3.8) is 0 Å². The van der Waals surface area contributed by atoms with Crippen molar-refractivity contribution in [1.82, 2.24) is 0 Å². The molecule has 0 atom stereocenters. The zero-order chi connectivity index (χ0) is 7.82. The predicted molar refractivity (Wildman–Crippen MR) is 39.5 cm³/mol. The van der Waals surface area contributed by atoms with E-state index in [9.17, 15) is 9.59 Å². The Morgan fingerprint density at radius 1 is 1.40 bits per heavy atom. The third kappa shape index (κ3) is 5.48. The van der Waals surface area contributed by atoms with Crippen LogP contribution in [0.3, 0.4) is 0 Å². The van der Waals surface area contributed by atoms with E-state index in [1.165, 1.54) is 0 Å². The van der Waals surface area contributed by atoms with Crippen LogP contribution in [-0.4, -0.2) is 12.1 Å². The van der Waals surface area contributed by atoms with Gasteiger partial charge < -0.3 is 0 Å². The summed E-state index contributed by atoms with van der Waals surface area (Å²) in [5, 5.41) is 0. The van der Waals surface area contributed by atoms with Gasteiger partial charge in [0, 0.05) is 6.42 Å². The molecule has 0 heterocycles. The Morgan fingerprint density at radius 3 is 2.60 bits per heavy atom. The maximum Gasteiger partial charge on any atom is 0.206 e. The number of carbonyl (C=O) groups excluding carboxylic acids is 2. The van der Waals surface area contributed by atoms with E-state index >= 15 is 0 Å². The van der Waals surface area contributed by atoms with E-state index < -0.39 is 0 Å². The highest BCUT2D eigenvalue weighted by Gasteiger charge is 1.98. The average molecular weight is 141 g/mol. The Morgan fingerprint density at radius 2 is 2.10 bits per heavy atom. The highest BCUT2D eigenvalue weighted by molar-refractivity contribution is 5.89. The number of ketones is 1. The molecular weight excluding hydrogens is 128 g/mol. The quantitative estimate of drug-likeness (QED) is 0.416. The van der Waals surface area contributed by atoms with E-state index in [1.54, 1.807) is 6.29 Å². The first-order valence-electron chi connectivity index (χ1n) is 3.68. The lowest BCUT2D eigenvalue weighted by molar-refractivity contribution is -0.118. The first-order valence-corrected chi connectivity index (χ1v) is 3.68. The van der Waals surface area contributed by atoms with Crippen LogP contribution in [0.2, 0.25) is 0 Å². The molecule has 0 unspecified atom stereocenters. The van der Waals surface area contributed by atoms with Crippen molar-refractivity contribution in [1.29, 1.82) is 0 Å². The van der Waals surface area contributed by atoms with Gasteiger partial charge in [0.05, 0.1) is 6.42 Å². The van der Waals surface area contributed by atoms with Gasteiger partial charge in [0.15, 0.2) is 0 Å². The summed E-state index contributed by atoms with van der Waals surface area (Å²) in [6.07, 6.45) is 5.21. The second kappa shape index (κ2) is 6.46. The molecule has 10 heavy (non-hydrogen) atoms. The van der Waals surface area contributed by atoms with E-state index in [2.05, 4.69) is 6.92 Å². The first kappa shape index (κ1) is 9.34. The summed E-state index contributed by atoms with van der Waals surface area (Å²) in [5.74, 6) is 0.0171. The molecule has 0 saturated heterocycles. The van der Waals surface area contributed by atoms with Crippen LogP contribution in [0, 0.1) is 0 Å². The summed E-state index contributed by atoms with van der Waals surface area (Å²) in [6.45, 7) is 2.08. The van der Waals surface area contributed by atoms with Crippen molar-refractivity contribution in [2.24, 2.45) is 0 Å². The lowest BCUT2D eigenvalue weighted by atomic mass is 10.1. The lowest BCUT2D eigenvalue weighted by Crippen LogP contribution is -1.97. The number of hydrogen-bond donors (Lipinski definition) is 0. The van der Waals surface area contributed by atoms with E-state index in [0.29, 0.717) is 6.42 Å². The molecule has 0 spiro atoms. The zero-order valence-corrected chi connectivity index (χ0v) is 6.35. The third-order valence-corrected chi connectivity index (χ3v) is 1.33. The predicted octanol–water partition coefficient (Wildman–Crippen LogP) is 1.64. The Bertz CT molecular complexity index is 108. The molecule has 0 rings (SSSR count). The molecular formula is C8H13O2. The molecule has 0 aromatic carbocycles. The zero-order valence-electron chi connectivity index (χ0n) is 6.35. The summed E-state index contributed by atoms with van der Waals surface area (Å²) >= 11 is 0. The molecule has 2 nitrogen and oxygen atoms in total. The summed E-state index contributed by atoms with van der Waals surface area (Å²) < 4.78 is 0. The molecule has 0 aliphatic rings. The molecule has 0 aromatic heterocycles. The topological polar surface area (TPSA) is 34.1 Å². The van der Waals surface area contributed by atoms with Crippen molar-refractivity contribution >= 4 is 12.1 Å². The van der Waals surface area contributed by atoms with Crippen LogP contribution in [0.25, 0.3) is 0 Å². The fraction of sp³-hybridized carbons (Fsp3) is 0.750. The highest BCUT2D eigenvalue weighted by atomic mass is 16.1. The minimum absolute atomic E-state index is 0.0171. The van der Waals surface area contributed by atoms with Gasteiger partial charge >= 0.3 is 0 Å². The molecule has 57 valence electrons. The number of Topliss-reactive ketones (excluding diaryl/α,β-unsaturated/α-hetero) is 1. The van der Waals surface area contributed by atoms with Gasteiger partial charge in [-0.2, -0.15) is 0 Å². The van der Waals surface area contributed by atoms with Crippen molar-refractivity contribution in [2.45, 2.75) is 39.0 Å². The molecule has 0 aliphatic heterocycles. The van der Waals surface area contributed by atoms with Crippen LogP contribution in [0.1, 0.15) is 39.0 Å². The van der Waals surface area contributed by atoms with Crippen LogP contribution in [0.15, 0.2) is 0 Å². The van der Waals surface area contributed by atoms with Gasteiger partial charge in [-0.1, -0.05) is 19.8 Å². The number of rotatable bonds is 6. The third-order valence-electron chi connectivity index (χ3n) is 1.33. The number of hydrogen-bond acceptors (Lipinski definition) is 2. The minimum Gasteiger partial charge on any atom is -0.299 e. The van der Waals surface area contributed by atoms with Gasteiger partial charge in [-0.05, 0) is 6.42 Å². The van der Waals surface area contributed by atoms with E-state index in [0.717, 1.165) is 19.3 Å². The van der Waals surface area contributed by atoms with Crippen LogP contribution in [-0.2, 0) is 9.59 Å². The smallest absolute Gasteiger partial charge is 0.206 e. The van der Waals surface area contributed by atoms with Crippen LogP contribution >= 0.6 is 0 Å². The first-order chi connectivity index (χ1) is 4.81. The van der Waals surface area contributed by atoms with Crippen molar-refractivity contribution in [3.05, 3.63) is 0 Å². The molecule has 0 fully saturated rings. The Balaban J connectivity index is 3.13. The normalized spacial score (nSPS) is 9.30. The minimum atomic E-state index is -0.0241. The Labute approximate surface area is 61.6 Å². The monoisotopic (exact) mass is 141 g/mol. The second-order valence-electron chi connectivity index (χ2n) is 2.32. The maximum atomic E-state index is 10.7.